The molecule has 3 aromatic carbocycles. The predicted octanol–water partition coefficient (Wildman–Crippen LogP) is 13.5. The van der Waals surface area contributed by atoms with Crippen molar-refractivity contribution in [1.29, 1.82) is 10.5 Å². The van der Waals surface area contributed by atoms with Crippen LogP contribution in [0.4, 0.5) is 75.9 Å². The second kappa shape index (κ2) is 19.2. The van der Waals surface area contributed by atoms with E-state index in [2.05, 4.69) is 29.6 Å². The fourth-order valence-corrected chi connectivity index (χ4v) is 8.87. The predicted molar refractivity (Wildman–Crippen MR) is 233 cm³/mol. The van der Waals surface area contributed by atoms with Crippen LogP contribution in [0.1, 0.15) is 61.2 Å². The van der Waals surface area contributed by atoms with Crippen molar-refractivity contribution in [2.24, 2.45) is 0 Å². The molecule has 0 unspecified atom stereocenters. The van der Waals surface area contributed by atoms with Gasteiger partial charge in [0.15, 0.2) is 52.2 Å². The number of nitriles is 2. The van der Waals surface area contributed by atoms with Gasteiger partial charge in [-0.25, -0.2) is 44.8 Å². The molecular formula is C52H14F16N8. The maximum atomic E-state index is 16.3. The lowest BCUT2D eigenvalue weighted by molar-refractivity contribution is 0.396. The Kier molecular flexibility index (Phi) is 12.8. The van der Waals surface area contributed by atoms with Crippen LogP contribution in [-0.4, -0.2) is 19.9 Å². The molecule has 2 aliphatic carbocycles. The number of hydrogen-bond donors (Lipinski definition) is 0. The maximum Gasteiger partial charge on any atom is 0.252 e. The fraction of sp³-hybridized carbons (Fsp3) is 0.0385. The third-order valence-corrected chi connectivity index (χ3v) is 12.1. The summed E-state index contributed by atoms with van der Waals surface area (Å²) in [5, 5.41) is 20.6. The Bertz CT molecular complexity index is 3730. The molecule has 0 bridgehead atoms. The van der Waals surface area contributed by atoms with Crippen molar-refractivity contribution in [2.75, 3.05) is 0 Å². The molecule has 76 heavy (non-hydrogen) atoms. The van der Waals surface area contributed by atoms with Crippen LogP contribution in [0, 0.1) is 130 Å². The molecule has 0 radical (unpaired) electrons. The lowest BCUT2D eigenvalue weighted by Crippen LogP contribution is -2.12. The molecule has 0 atom stereocenters. The van der Waals surface area contributed by atoms with Crippen LogP contribution in [0.3, 0.4) is 0 Å². The highest BCUT2D eigenvalue weighted by molar-refractivity contribution is 6.32. The largest absolute Gasteiger partial charge is 0.252 e. The van der Waals surface area contributed by atoms with Gasteiger partial charge < -0.3 is 0 Å². The van der Waals surface area contributed by atoms with Crippen molar-refractivity contribution in [1.82, 2.24) is 19.9 Å². The molecule has 4 aromatic heterocycles. The van der Waals surface area contributed by atoms with E-state index in [1.807, 2.05) is 0 Å². The number of rotatable bonds is 8. The number of fused-ring (bicyclic) bond motifs is 2. The zero-order valence-electron chi connectivity index (χ0n) is 36.8. The van der Waals surface area contributed by atoms with Crippen LogP contribution in [-0.2, 0) is 12.8 Å². The second-order valence-corrected chi connectivity index (χ2v) is 16.0. The minimum atomic E-state index is -2.41. The molecule has 4 heterocycles. The maximum absolute atomic E-state index is 16.3. The average Bonchev–Trinajstić information content (AvgIpc) is 3.98. The van der Waals surface area contributed by atoms with Gasteiger partial charge in [-0.3, -0.25) is 0 Å². The van der Waals surface area contributed by atoms with E-state index in [1.54, 1.807) is 12.1 Å². The quantitative estimate of drug-likeness (QED) is 0.0852. The molecule has 0 aliphatic heterocycles. The van der Waals surface area contributed by atoms with Crippen molar-refractivity contribution in [3.63, 3.8) is 0 Å². The molecule has 0 fully saturated rings. The van der Waals surface area contributed by atoms with E-state index < -0.39 is 196 Å². The van der Waals surface area contributed by atoms with Crippen molar-refractivity contribution >= 4 is 50.4 Å². The van der Waals surface area contributed by atoms with E-state index in [-0.39, 0.29) is 22.4 Å². The van der Waals surface area contributed by atoms with E-state index >= 15 is 52.7 Å². The highest BCUT2D eigenvalue weighted by Crippen LogP contribution is 2.58. The van der Waals surface area contributed by atoms with E-state index in [9.17, 15) is 28.1 Å². The van der Waals surface area contributed by atoms with Gasteiger partial charge >= 0.3 is 0 Å². The van der Waals surface area contributed by atoms with Gasteiger partial charge in [-0.15, -0.1) is 0 Å². The van der Waals surface area contributed by atoms with Crippen LogP contribution < -0.4 is 0 Å². The van der Waals surface area contributed by atoms with E-state index in [0.717, 1.165) is 60.7 Å². The first-order chi connectivity index (χ1) is 36.2. The highest BCUT2D eigenvalue weighted by atomic mass is 19.2. The van der Waals surface area contributed by atoms with Crippen molar-refractivity contribution in [3.8, 4) is 12.1 Å². The zero-order chi connectivity index (χ0) is 54.9. The van der Waals surface area contributed by atoms with Gasteiger partial charge in [-0.05, 0) is 73.9 Å². The van der Waals surface area contributed by atoms with Crippen molar-refractivity contribution in [2.45, 2.75) is 12.8 Å². The second-order valence-electron chi connectivity index (χ2n) is 16.0. The topological polar surface area (TPSA) is 108 Å². The van der Waals surface area contributed by atoms with Crippen LogP contribution in [0.25, 0.3) is 54.4 Å². The summed E-state index contributed by atoms with van der Waals surface area (Å²) in [5.41, 5.74) is -17.6. The molecule has 0 N–H and O–H groups in total. The number of benzene rings is 3. The van der Waals surface area contributed by atoms with Gasteiger partial charge in [-0.1, -0.05) is 42.5 Å². The molecular weight excluding hydrogens is 1040 g/mol. The smallest absolute Gasteiger partial charge is 0.238 e. The molecule has 7 aromatic rings. The molecule has 0 spiro atoms. The van der Waals surface area contributed by atoms with Gasteiger partial charge in [0.1, 0.15) is 6.07 Å². The first-order valence-corrected chi connectivity index (χ1v) is 20.9. The summed E-state index contributed by atoms with van der Waals surface area (Å²) in [6.07, 6.45) is -3.60. The van der Waals surface area contributed by atoms with Crippen LogP contribution >= 0.6 is 0 Å². The molecule has 0 amide bonds. The Hall–Kier alpha value is -9.94. The Morgan fingerprint density at radius 2 is 0.776 bits per heavy atom. The van der Waals surface area contributed by atoms with Gasteiger partial charge in [-0.2, -0.15) is 65.6 Å². The molecule has 24 heteroatoms. The van der Waals surface area contributed by atoms with Crippen molar-refractivity contribution in [3.05, 3.63) is 239 Å². The standard InChI is InChI=1S/C52H14F16N8/c1-71-20-9-7-19(8-10-20)31-33(26(35-42(59)51(67)76-52(68)43(35)60)14-28-38(55)47(63)74-48(64)39(28)56)23-11-21-22(12-24(23)44(31)72-2)32(30(29(21)16-70)18-5-3-17(15-69)4-6-18)25(34-40(57)49(65)75-50(66)41(34)58)13-27-36(53)45(61)73-46(62)37(27)54/h3-12H,13-14H2/b32-25+,33-26+. The number of nitrogens with zero attached hydrogens (tertiary/aromatic N) is 8. The number of pyridine rings is 4. The Morgan fingerprint density at radius 1 is 0.421 bits per heavy atom. The summed E-state index contributed by atoms with van der Waals surface area (Å²) >= 11 is 0. The van der Waals surface area contributed by atoms with Gasteiger partial charge in [0, 0.05) is 35.1 Å². The highest BCUT2D eigenvalue weighted by Gasteiger charge is 2.41. The van der Waals surface area contributed by atoms with Crippen LogP contribution in [0.2, 0.25) is 0 Å². The SMILES string of the molecule is [C-]#[N+]C1=C(c2ccc([N+]#[C-])cc2)/C(=C(\Cc2c(F)c(F)nc(F)c2F)c2c(F)c(F)nc(F)c2F)c2cc3c(cc21)/C(=C(/Cc1c(F)c(F)nc(F)c1F)c1c(F)c(F)nc(F)c1F)C(c1ccc(C#N)cc1)=C3C#N. The van der Waals surface area contributed by atoms with Gasteiger partial charge in [0.2, 0.25) is 5.70 Å². The lowest BCUT2D eigenvalue weighted by atomic mass is 9.84. The lowest BCUT2D eigenvalue weighted by Gasteiger charge is -2.20. The summed E-state index contributed by atoms with van der Waals surface area (Å²) in [7, 11) is 0. The third kappa shape index (κ3) is 8.03. The van der Waals surface area contributed by atoms with Gasteiger partial charge in [0.05, 0.1) is 41.5 Å². The number of hydrogen-bond acceptors (Lipinski definition) is 6. The molecule has 9 rings (SSSR count). The van der Waals surface area contributed by atoms with Crippen LogP contribution in [0.15, 0.2) is 60.7 Å². The van der Waals surface area contributed by atoms with Crippen molar-refractivity contribution < 1.29 is 70.2 Å². The average molecular weight is 1050 g/mol. The first kappa shape index (κ1) is 51.0. The van der Waals surface area contributed by atoms with E-state index in [4.69, 9.17) is 13.1 Å². The summed E-state index contributed by atoms with van der Waals surface area (Å²) in [4.78, 5) is 16.6. The number of allylic oxidation sites excluding steroid dienone is 7. The van der Waals surface area contributed by atoms with E-state index in [1.165, 1.54) is 0 Å². The summed E-state index contributed by atoms with van der Waals surface area (Å²) in [6.45, 7) is 15.9. The Labute approximate surface area is 414 Å². The Balaban J connectivity index is 1.53. The van der Waals surface area contributed by atoms with Crippen LogP contribution in [0.5, 0.6) is 0 Å². The summed E-state index contributed by atoms with van der Waals surface area (Å²) in [6, 6.07) is 13.9. The molecule has 374 valence electrons. The molecule has 2 aliphatic rings. The fourth-order valence-electron chi connectivity index (χ4n) is 8.87. The molecule has 0 saturated heterocycles. The summed E-state index contributed by atoms with van der Waals surface area (Å²) < 4.78 is 248. The summed E-state index contributed by atoms with van der Waals surface area (Å²) in [5.74, 6) is -37.9. The first-order valence-electron chi connectivity index (χ1n) is 20.9. The monoisotopic (exact) mass is 1050 g/mol. The number of halogens is 16. The normalized spacial score (nSPS) is 14.1. The van der Waals surface area contributed by atoms with Gasteiger partial charge in [0.25, 0.3) is 47.6 Å². The molecule has 0 saturated carbocycles. The minimum Gasteiger partial charge on any atom is -0.238 e. The Morgan fingerprint density at radius 3 is 1.16 bits per heavy atom. The zero-order valence-corrected chi connectivity index (χ0v) is 36.8. The molecule has 8 nitrogen and oxygen atoms in total. The number of aromatic nitrogens is 4. The van der Waals surface area contributed by atoms with E-state index in [0.29, 0.717) is 0 Å². The third-order valence-electron chi connectivity index (χ3n) is 12.1. The minimum absolute atomic E-state index is 0.0956.